The molecule has 0 bridgehead atoms. The first-order valence-corrected chi connectivity index (χ1v) is 7.97. The van der Waals surface area contributed by atoms with Crippen LogP contribution in [-0.2, 0) is 13.0 Å². The molecule has 1 aliphatic heterocycles. The van der Waals surface area contributed by atoms with Crippen molar-refractivity contribution in [2.75, 3.05) is 33.4 Å². The summed E-state index contributed by atoms with van der Waals surface area (Å²) in [6.45, 7) is 7.95. The predicted octanol–water partition coefficient (Wildman–Crippen LogP) is 2.11. The van der Waals surface area contributed by atoms with Gasteiger partial charge in [0.05, 0.1) is 6.61 Å². The van der Waals surface area contributed by atoms with Gasteiger partial charge in [0.2, 0.25) is 0 Å². The van der Waals surface area contributed by atoms with Crippen LogP contribution in [0.1, 0.15) is 43.0 Å². The molecule has 1 unspecified atom stereocenters. The van der Waals surface area contributed by atoms with Gasteiger partial charge in [-0.05, 0) is 57.5 Å². The van der Waals surface area contributed by atoms with Gasteiger partial charge < -0.3 is 15.2 Å². The van der Waals surface area contributed by atoms with Crippen LogP contribution in [-0.4, -0.2) is 43.4 Å². The lowest BCUT2D eigenvalue weighted by Crippen LogP contribution is -2.30. The summed E-state index contributed by atoms with van der Waals surface area (Å²) in [6, 6.07) is 4.97. The second kappa shape index (κ2) is 7.78. The molecule has 0 aromatic heterocycles. The Hall–Kier alpha value is -1.10. The first kappa shape index (κ1) is 16.3. The average Bonchev–Trinajstić information content (AvgIpc) is 2.49. The highest BCUT2D eigenvalue weighted by Gasteiger charge is 2.22. The van der Waals surface area contributed by atoms with E-state index in [1.165, 1.54) is 16.7 Å². The van der Waals surface area contributed by atoms with E-state index in [0.29, 0.717) is 12.6 Å². The normalized spacial score (nSPS) is 18.6. The van der Waals surface area contributed by atoms with E-state index < -0.39 is 0 Å². The summed E-state index contributed by atoms with van der Waals surface area (Å²) in [5, 5.41) is 12.2. The predicted molar refractivity (Wildman–Crippen MR) is 85.8 cm³/mol. The number of aliphatic hydroxyl groups is 1. The number of rotatable bonds is 7. The van der Waals surface area contributed by atoms with Crippen molar-refractivity contribution in [2.24, 2.45) is 0 Å². The van der Waals surface area contributed by atoms with Crippen LogP contribution < -0.4 is 10.1 Å². The zero-order valence-electron chi connectivity index (χ0n) is 13.5. The molecule has 4 heteroatoms. The van der Waals surface area contributed by atoms with Crippen molar-refractivity contribution in [1.29, 1.82) is 0 Å². The fraction of sp³-hybridized carbons (Fsp3) is 0.647. The quantitative estimate of drug-likeness (QED) is 0.756. The Morgan fingerprint density at radius 2 is 2.24 bits per heavy atom. The van der Waals surface area contributed by atoms with Gasteiger partial charge in [-0.1, -0.05) is 6.07 Å². The van der Waals surface area contributed by atoms with Gasteiger partial charge in [0, 0.05) is 31.3 Å². The summed E-state index contributed by atoms with van der Waals surface area (Å²) in [4.78, 5) is 2.39. The van der Waals surface area contributed by atoms with E-state index in [1.54, 1.807) is 0 Å². The van der Waals surface area contributed by atoms with Gasteiger partial charge in [-0.15, -0.1) is 0 Å². The molecule has 0 saturated carbocycles. The highest BCUT2D eigenvalue weighted by atomic mass is 16.5. The van der Waals surface area contributed by atoms with Gasteiger partial charge in [0.15, 0.2) is 0 Å². The molecule has 0 radical (unpaired) electrons. The van der Waals surface area contributed by atoms with Crippen molar-refractivity contribution in [2.45, 2.75) is 39.3 Å². The topological polar surface area (TPSA) is 44.7 Å². The number of likely N-dealkylation sites (N-methyl/N-ethyl adjacent to an activating group) is 1. The van der Waals surface area contributed by atoms with Crippen molar-refractivity contribution in [3.8, 4) is 5.75 Å². The van der Waals surface area contributed by atoms with Gasteiger partial charge in [0.1, 0.15) is 5.75 Å². The fourth-order valence-corrected chi connectivity index (χ4v) is 2.88. The van der Waals surface area contributed by atoms with Gasteiger partial charge in [-0.2, -0.15) is 0 Å². The minimum Gasteiger partial charge on any atom is -0.494 e. The Morgan fingerprint density at radius 1 is 1.43 bits per heavy atom. The zero-order chi connectivity index (χ0) is 15.2. The highest BCUT2D eigenvalue weighted by molar-refractivity contribution is 5.45. The number of ether oxygens (including phenoxy) is 1. The van der Waals surface area contributed by atoms with Crippen molar-refractivity contribution >= 4 is 0 Å². The molecule has 2 rings (SSSR count). The average molecular weight is 292 g/mol. The largest absolute Gasteiger partial charge is 0.494 e. The zero-order valence-corrected chi connectivity index (χ0v) is 13.5. The molecule has 1 aromatic carbocycles. The molecule has 0 saturated heterocycles. The minimum atomic E-state index is 0.235. The Balaban J connectivity index is 2.19. The molecule has 4 nitrogen and oxygen atoms in total. The lowest BCUT2D eigenvalue weighted by molar-refractivity contribution is 0.246. The number of nitrogens with zero attached hydrogens (tertiary/aromatic N) is 1. The maximum atomic E-state index is 8.85. The highest BCUT2D eigenvalue weighted by Crippen LogP contribution is 2.33. The van der Waals surface area contributed by atoms with E-state index in [0.717, 1.165) is 38.2 Å². The van der Waals surface area contributed by atoms with E-state index in [1.807, 2.05) is 6.92 Å². The van der Waals surface area contributed by atoms with Crippen LogP contribution in [0.5, 0.6) is 5.75 Å². The fourth-order valence-electron chi connectivity index (χ4n) is 2.88. The molecule has 2 N–H and O–H groups in total. The second-order valence-electron chi connectivity index (χ2n) is 5.75. The van der Waals surface area contributed by atoms with E-state index in [-0.39, 0.29) is 6.61 Å². The van der Waals surface area contributed by atoms with Crippen molar-refractivity contribution in [3.63, 3.8) is 0 Å². The van der Waals surface area contributed by atoms with Gasteiger partial charge in [0.25, 0.3) is 0 Å². The van der Waals surface area contributed by atoms with Crippen molar-refractivity contribution in [1.82, 2.24) is 10.2 Å². The molecule has 0 fully saturated rings. The van der Waals surface area contributed by atoms with Crippen LogP contribution in [0.25, 0.3) is 0 Å². The van der Waals surface area contributed by atoms with Crippen LogP contribution in [0.15, 0.2) is 12.1 Å². The molecule has 0 spiro atoms. The van der Waals surface area contributed by atoms with Crippen molar-refractivity contribution < 1.29 is 9.84 Å². The Kier molecular flexibility index (Phi) is 6.03. The third kappa shape index (κ3) is 3.96. The van der Waals surface area contributed by atoms with Crippen LogP contribution >= 0.6 is 0 Å². The maximum absolute atomic E-state index is 8.85. The number of aliphatic hydroxyl groups excluding tert-OH is 1. The molecule has 1 heterocycles. The first-order chi connectivity index (χ1) is 10.2. The van der Waals surface area contributed by atoms with Gasteiger partial charge in [-0.25, -0.2) is 0 Å². The molecular weight excluding hydrogens is 264 g/mol. The summed E-state index contributed by atoms with van der Waals surface area (Å²) in [5.41, 5.74) is 4.07. The monoisotopic (exact) mass is 292 g/mol. The molecule has 118 valence electrons. The first-order valence-electron chi connectivity index (χ1n) is 7.97. The van der Waals surface area contributed by atoms with Crippen LogP contribution in [0.3, 0.4) is 0 Å². The molecule has 0 amide bonds. The molecule has 21 heavy (non-hydrogen) atoms. The van der Waals surface area contributed by atoms with E-state index in [9.17, 15) is 0 Å². The van der Waals surface area contributed by atoms with Crippen molar-refractivity contribution in [3.05, 3.63) is 28.8 Å². The Labute approximate surface area is 128 Å². The molecule has 1 atom stereocenters. The van der Waals surface area contributed by atoms with E-state index in [4.69, 9.17) is 9.84 Å². The van der Waals surface area contributed by atoms with Crippen LogP contribution in [0, 0.1) is 0 Å². The Morgan fingerprint density at radius 3 is 2.95 bits per heavy atom. The number of fused-ring (bicyclic) bond motifs is 1. The smallest absolute Gasteiger partial charge is 0.124 e. The number of nitrogens with one attached hydrogen (secondary N) is 1. The molecule has 0 aliphatic carbocycles. The number of hydrogen-bond acceptors (Lipinski definition) is 4. The Bertz CT molecular complexity index is 462. The van der Waals surface area contributed by atoms with Crippen LogP contribution in [0.2, 0.25) is 0 Å². The lowest BCUT2D eigenvalue weighted by atomic mass is 9.91. The standard InChI is InChI=1S/C17H28N2O2/c1-4-21-17-11-16-13(2)19(3)8-6-14(16)10-15(17)12-18-7-5-9-20/h10-11,13,18,20H,4-9,12H2,1-3H3. The van der Waals surface area contributed by atoms with Crippen LogP contribution in [0.4, 0.5) is 0 Å². The summed E-state index contributed by atoms with van der Waals surface area (Å²) < 4.78 is 5.84. The van der Waals surface area contributed by atoms with Gasteiger partial charge >= 0.3 is 0 Å². The summed E-state index contributed by atoms with van der Waals surface area (Å²) >= 11 is 0. The van der Waals surface area contributed by atoms with E-state index in [2.05, 4.69) is 36.3 Å². The SMILES string of the molecule is CCOc1cc2c(cc1CNCCCO)CCN(C)C2C. The second-order valence-corrected chi connectivity index (χ2v) is 5.75. The summed E-state index contributed by atoms with van der Waals surface area (Å²) in [6.07, 6.45) is 1.89. The lowest BCUT2D eigenvalue weighted by Gasteiger charge is -2.33. The minimum absolute atomic E-state index is 0.235. The summed E-state index contributed by atoms with van der Waals surface area (Å²) in [7, 11) is 2.18. The maximum Gasteiger partial charge on any atom is 0.124 e. The van der Waals surface area contributed by atoms with Gasteiger partial charge in [-0.3, -0.25) is 4.90 Å². The summed E-state index contributed by atoms with van der Waals surface area (Å²) in [5.74, 6) is 0.995. The van der Waals surface area contributed by atoms with E-state index >= 15 is 0 Å². The molecule has 1 aliphatic rings. The number of benzene rings is 1. The molecule has 1 aromatic rings. The third-order valence-corrected chi connectivity index (χ3v) is 4.29. The molecular formula is C17H28N2O2. The third-order valence-electron chi connectivity index (χ3n) is 4.29. The number of hydrogen-bond donors (Lipinski definition) is 2.